The van der Waals surface area contributed by atoms with Gasteiger partial charge < -0.3 is 5.32 Å². The van der Waals surface area contributed by atoms with E-state index >= 15 is 0 Å². The Bertz CT molecular complexity index is 555. The Labute approximate surface area is 108 Å². The summed E-state index contributed by atoms with van der Waals surface area (Å²) in [6.07, 6.45) is 4.64. The van der Waals surface area contributed by atoms with E-state index in [0.717, 1.165) is 23.4 Å². The van der Waals surface area contributed by atoms with Gasteiger partial charge in [-0.05, 0) is 29.7 Å². The molecule has 1 nitrogen and oxygen atoms in total. The van der Waals surface area contributed by atoms with Gasteiger partial charge in [0.2, 0.25) is 0 Å². The van der Waals surface area contributed by atoms with E-state index in [-0.39, 0.29) is 0 Å². The molecule has 0 fully saturated rings. The lowest BCUT2D eigenvalue weighted by Crippen LogP contribution is -1.96. The Balaban J connectivity index is 2.33. The number of rotatable bonds is 5. The summed E-state index contributed by atoms with van der Waals surface area (Å²) in [4.78, 5) is 0. The molecule has 2 aromatic carbocycles. The predicted molar refractivity (Wildman–Crippen MR) is 80.2 cm³/mol. The van der Waals surface area contributed by atoms with Crippen LogP contribution in [0, 0.1) is 0 Å². The summed E-state index contributed by atoms with van der Waals surface area (Å²) in [5, 5.41) is 3.46. The van der Waals surface area contributed by atoms with E-state index in [0.29, 0.717) is 0 Å². The highest BCUT2D eigenvalue weighted by molar-refractivity contribution is 5.72. The normalized spacial score (nSPS) is 9.78. The minimum absolute atomic E-state index is 0.861. The van der Waals surface area contributed by atoms with Crippen LogP contribution in [-0.2, 0) is 6.42 Å². The van der Waals surface area contributed by atoms with Crippen molar-refractivity contribution < 1.29 is 0 Å². The van der Waals surface area contributed by atoms with E-state index in [9.17, 15) is 0 Å². The standard InChI is InChI=1S/C17H17N/c1-3-9-15-11-6-8-13-17(15)18-16-12-7-5-10-14(16)4-2/h3-8,10-13,18H,1-2,9H2. The molecule has 2 aromatic rings. The Morgan fingerprint density at radius 3 is 2.28 bits per heavy atom. The Hall–Kier alpha value is -2.28. The maximum absolute atomic E-state index is 3.84. The van der Waals surface area contributed by atoms with Crippen LogP contribution in [0.2, 0.25) is 0 Å². The Morgan fingerprint density at radius 1 is 0.889 bits per heavy atom. The smallest absolute Gasteiger partial charge is 0.0457 e. The summed E-state index contributed by atoms with van der Waals surface area (Å²) in [7, 11) is 0. The fourth-order valence-electron chi connectivity index (χ4n) is 1.91. The number of nitrogens with one attached hydrogen (secondary N) is 1. The van der Waals surface area contributed by atoms with Crippen molar-refractivity contribution in [3.8, 4) is 0 Å². The number of allylic oxidation sites excluding steroid dienone is 1. The van der Waals surface area contributed by atoms with Crippen molar-refractivity contribution >= 4 is 17.5 Å². The maximum Gasteiger partial charge on any atom is 0.0457 e. The summed E-state index contributed by atoms with van der Waals surface area (Å²) in [6, 6.07) is 16.4. The molecule has 18 heavy (non-hydrogen) atoms. The SMILES string of the molecule is C=CCc1ccccc1Nc1ccccc1C=C. The molecule has 0 aromatic heterocycles. The second-order valence-electron chi connectivity index (χ2n) is 4.07. The molecule has 1 heteroatoms. The third-order valence-electron chi connectivity index (χ3n) is 2.83. The molecule has 90 valence electrons. The van der Waals surface area contributed by atoms with Crippen molar-refractivity contribution in [2.45, 2.75) is 6.42 Å². The monoisotopic (exact) mass is 235 g/mol. The van der Waals surface area contributed by atoms with Gasteiger partial charge in [-0.25, -0.2) is 0 Å². The van der Waals surface area contributed by atoms with Gasteiger partial charge in [0.1, 0.15) is 0 Å². The van der Waals surface area contributed by atoms with Crippen molar-refractivity contribution in [3.05, 3.63) is 78.9 Å². The Morgan fingerprint density at radius 2 is 1.56 bits per heavy atom. The largest absolute Gasteiger partial charge is 0.355 e. The maximum atomic E-state index is 3.84. The number of hydrogen-bond donors (Lipinski definition) is 1. The van der Waals surface area contributed by atoms with Gasteiger partial charge in [-0.1, -0.05) is 55.1 Å². The van der Waals surface area contributed by atoms with E-state index in [1.807, 2.05) is 42.5 Å². The molecular formula is C17H17N. The minimum atomic E-state index is 0.861. The first-order valence-corrected chi connectivity index (χ1v) is 6.02. The second kappa shape index (κ2) is 5.87. The molecule has 2 rings (SSSR count). The molecule has 0 bridgehead atoms. The van der Waals surface area contributed by atoms with Crippen molar-refractivity contribution in [1.82, 2.24) is 0 Å². The van der Waals surface area contributed by atoms with Crippen LogP contribution in [0.1, 0.15) is 11.1 Å². The topological polar surface area (TPSA) is 12.0 Å². The van der Waals surface area contributed by atoms with Gasteiger partial charge in [0.05, 0.1) is 0 Å². The summed E-state index contributed by atoms with van der Waals surface area (Å²) in [5.41, 5.74) is 4.54. The quantitative estimate of drug-likeness (QED) is 0.734. The van der Waals surface area contributed by atoms with Crippen LogP contribution in [0.3, 0.4) is 0 Å². The molecule has 0 amide bonds. The average Bonchev–Trinajstić information content (AvgIpc) is 2.42. The van der Waals surface area contributed by atoms with Crippen LogP contribution in [-0.4, -0.2) is 0 Å². The van der Waals surface area contributed by atoms with E-state index < -0.39 is 0 Å². The number of hydrogen-bond acceptors (Lipinski definition) is 1. The molecule has 0 aliphatic heterocycles. The molecule has 0 aliphatic rings. The fourth-order valence-corrected chi connectivity index (χ4v) is 1.91. The minimum Gasteiger partial charge on any atom is -0.355 e. The molecule has 0 saturated carbocycles. The fraction of sp³-hybridized carbons (Fsp3) is 0.0588. The van der Waals surface area contributed by atoms with Gasteiger partial charge in [-0.15, -0.1) is 6.58 Å². The number of benzene rings is 2. The van der Waals surface area contributed by atoms with E-state index in [2.05, 4.69) is 36.7 Å². The lowest BCUT2D eigenvalue weighted by Gasteiger charge is -2.13. The third kappa shape index (κ3) is 2.69. The van der Waals surface area contributed by atoms with Crippen molar-refractivity contribution in [1.29, 1.82) is 0 Å². The van der Waals surface area contributed by atoms with Crippen LogP contribution in [0.4, 0.5) is 11.4 Å². The van der Waals surface area contributed by atoms with Crippen LogP contribution in [0.5, 0.6) is 0 Å². The number of anilines is 2. The highest BCUT2D eigenvalue weighted by Crippen LogP contribution is 2.24. The van der Waals surface area contributed by atoms with Crippen molar-refractivity contribution in [3.63, 3.8) is 0 Å². The second-order valence-corrected chi connectivity index (χ2v) is 4.07. The molecule has 0 spiro atoms. The molecule has 0 atom stereocenters. The first-order valence-electron chi connectivity index (χ1n) is 6.02. The van der Waals surface area contributed by atoms with Gasteiger partial charge in [-0.2, -0.15) is 0 Å². The molecular weight excluding hydrogens is 218 g/mol. The molecule has 0 radical (unpaired) electrons. The zero-order valence-electron chi connectivity index (χ0n) is 10.4. The van der Waals surface area contributed by atoms with E-state index in [1.165, 1.54) is 5.56 Å². The molecule has 0 saturated heterocycles. The molecule has 0 unspecified atom stereocenters. The molecule has 0 aliphatic carbocycles. The average molecular weight is 235 g/mol. The lowest BCUT2D eigenvalue weighted by atomic mass is 10.1. The van der Waals surface area contributed by atoms with E-state index in [4.69, 9.17) is 0 Å². The highest BCUT2D eigenvalue weighted by Gasteiger charge is 2.02. The van der Waals surface area contributed by atoms with Gasteiger partial charge >= 0.3 is 0 Å². The summed E-state index contributed by atoms with van der Waals surface area (Å²) in [5.74, 6) is 0. The predicted octanol–water partition coefficient (Wildman–Crippen LogP) is 4.80. The number of para-hydroxylation sites is 2. The van der Waals surface area contributed by atoms with Crippen molar-refractivity contribution in [2.24, 2.45) is 0 Å². The Kier molecular flexibility index (Phi) is 3.98. The van der Waals surface area contributed by atoms with Gasteiger partial charge in [0.25, 0.3) is 0 Å². The lowest BCUT2D eigenvalue weighted by molar-refractivity contribution is 1.27. The zero-order valence-corrected chi connectivity index (χ0v) is 10.4. The van der Waals surface area contributed by atoms with Gasteiger partial charge in [-0.3, -0.25) is 0 Å². The zero-order chi connectivity index (χ0) is 12.8. The van der Waals surface area contributed by atoms with Gasteiger partial charge in [0, 0.05) is 11.4 Å². The van der Waals surface area contributed by atoms with Crippen LogP contribution in [0.25, 0.3) is 6.08 Å². The van der Waals surface area contributed by atoms with Crippen LogP contribution in [0.15, 0.2) is 67.8 Å². The third-order valence-corrected chi connectivity index (χ3v) is 2.83. The van der Waals surface area contributed by atoms with E-state index in [1.54, 1.807) is 0 Å². The summed E-state index contributed by atoms with van der Waals surface area (Å²) >= 11 is 0. The molecule has 0 heterocycles. The summed E-state index contributed by atoms with van der Waals surface area (Å²) in [6.45, 7) is 7.63. The highest BCUT2D eigenvalue weighted by atomic mass is 14.9. The first kappa shape index (κ1) is 12.2. The first-order chi connectivity index (χ1) is 8.85. The van der Waals surface area contributed by atoms with Gasteiger partial charge in [0.15, 0.2) is 0 Å². The van der Waals surface area contributed by atoms with Crippen molar-refractivity contribution in [2.75, 3.05) is 5.32 Å². The van der Waals surface area contributed by atoms with Crippen LogP contribution >= 0.6 is 0 Å². The van der Waals surface area contributed by atoms with Crippen LogP contribution < -0.4 is 5.32 Å². The molecule has 1 N–H and O–H groups in total. The summed E-state index contributed by atoms with van der Waals surface area (Å²) < 4.78 is 0.